The fourth-order valence-electron chi connectivity index (χ4n) is 3.72. The van der Waals surface area contributed by atoms with Gasteiger partial charge >= 0.3 is 5.97 Å². The Hall–Kier alpha value is -3.26. The van der Waals surface area contributed by atoms with Gasteiger partial charge < -0.3 is 4.74 Å². The van der Waals surface area contributed by atoms with Crippen LogP contribution >= 0.6 is 0 Å². The highest BCUT2D eigenvalue weighted by Gasteiger charge is 2.56. The summed E-state index contributed by atoms with van der Waals surface area (Å²) in [4.78, 5) is 38.5. The highest BCUT2D eigenvalue weighted by Crippen LogP contribution is 2.42. The minimum Gasteiger partial charge on any atom is -0.463 e. The van der Waals surface area contributed by atoms with Crippen LogP contribution in [0.2, 0.25) is 0 Å². The van der Waals surface area contributed by atoms with Crippen LogP contribution in [-0.2, 0) is 24.3 Å². The maximum atomic E-state index is 13.5. The first kappa shape index (κ1) is 23.4. The zero-order chi connectivity index (χ0) is 23.5. The molecule has 8 heteroatoms. The third-order valence-corrected chi connectivity index (χ3v) is 7.27. The van der Waals surface area contributed by atoms with Crippen molar-refractivity contribution in [3.8, 4) is 0 Å². The molecule has 1 heterocycles. The van der Waals surface area contributed by atoms with Gasteiger partial charge in [-0.1, -0.05) is 54.1 Å². The summed E-state index contributed by atoms with van der Waals surface area (Å²) in [7, 11) is -4.27. The second-order valence-electron chi connectivity index (χ2n) is 7.83. The van der Waals surface area contributed by atoms with E-state index in [-0.39, 0.29) is 17.9 Å². The highest BCUT2D eigenvalue weighted by atomic mass is 32.2. The average molecular weight is 456 g/mol. The van der Waals surface area contributed by atoms with Gasteiger partial charge in [-0.05, 0) is 39.3 Å². The Morgan fingerprint density at radius 2 is 1.75 bits per heavy atom. The molecular formula is C24H25NO6S. The summed E-state index contributed by atoms with van der Waals surface area (Å²) in [6.45, 7) is 5.06. The lowest BCUT2D eigenvalue weighted by Crippen LogP contribution is -2.42. The summed E-state index contributed by atoms with van der Waals surface area (Å²) in [6, 6.07) is 13.3. The topological polar surface area (TPSA) is 97.8 Å². The summed E-state index contributed by atoms with van der Waals surface area (Å²) < 4.78 is 32.4. The molecule has 168 valence electrons. The van der Waals surface area contributed by atoms with Crippen LogP contribution in [0.15, 0.2) is 71.6 Å². The van der Waals surface area contributed by atoms with E-state index in [1.54, 1.807) is 49.4 Å². The Labute approximate surface area is 187 Å². The Balaban J connectivity index is 2.06. The Morgan fingerprint density at radius 1 is 1.12 bits per heavy atom. The Kier molecular flexibility index (Phi) is 6.64. The quantitative estimate of drug-likeness (QED) is 0.275. The number of aryl methyl sites for hydroxylation is 1. The van der Waals surface area contributed by atoms with Gasteiger partial charge in [0.15, 0.2) is 5.78 Å². The van der Waals surface area contributed by atoms with E-state index < -0.39 is 39.1 Å². The lowest BCUT2D eigenvalue weighted by Gasteiger charge is -2.23. The summed E-state index contributed by atoms with van der Waals surface area (Å²) in [5.74, 6) is -1.96. The lowest BCUT2D eigenvalue weighted by atomic mass is 9.79. The van der Waals surface area contributed by atoms with Crippen molar-refractivity contribution in [3.05, 3.63) is 77.9 Å². The predicted molar refractivity (Wildman–Crippen MR) is 118 cm³/mol. The van der Waals surface area contributed by atoms with Crippen molar-refractivity contribution in [2.45, 2.75) is 38.1 Å². The van der Waals surface area contributed by atoms with Crippen molar-refractivity contribution in [1.82, 2.24) is 4.31 Å². The maximum Gasteiger partial charge on any atom is 0.330 e. The summed E-state index contributed by atoms with van der Waals surface area (Å²) in [5, 5.41) is 0. The molecule has 1 amide bonds. The minimum absolute atomic E-state index is 0.0672. The average Bonchev–Trinajstić information content (AvgIpc) is 3.04. The molecule has 32 heavy (non-hydrogen) atoms. The van der Waals surface area contributed by atoms with Gasteiger partial charge in [0.05, 0.1) is 17.5 Å². The molecule has 0 aromatic heterocycles. The van der Waals surface area contributed by atoms with Crippen LogP contribution < -0.4 is 0 Å². The van der Waals surface area contributed by atoms with E-state index in [0.717, 1.165) is 11.6 Å². The zero-order valence-electron chi connectivity index (χ0n) is 18.1. The SMILES string of the molecule is CCOC(=O)/C=C/[C@H]1C[C@@](C)(C(=O)c2ccccc2)C(=O)N1S(=O)(=O)c1ccc(C)cc1. The predicted octanol–water partition coefficient (Wildman–Crippen LogP) is 3.29. The number of Topliss-reactive ketones (excluding diaryl/α,β-unsaturated/α-hetero) is 1. The van der Waals surface area contributed by atoms with Gasteiger partial charge in [-0.25, -0.2) is 17.5 Å². The van der Waals surface area contributed by atoms with Gasteiger partial charge in [0.2, 0.25) is 0 Å². The van der Waals surface area contributed by atoms with Crippen molar-refractivity contribution >= 4 is 27.7 Å². The number of hydrogen-bond donors (Lipinski definition) is 0. The van der Waals surface area contributed by atoms with Gasteiger partial charge in [-0.15, -0.1) is 0 Å². The molecule has 0 N–H and O–H groups in total. The number of benzene rings is 2. The standard InChI is InChI=1S/C24H25NO6S/c1-4-31-21(26)15-12-19-16-24(3,22(27)18-8-6-5-7-9-18)23(28)25(19)32(29,30)20-13-10-17(2)11-14-20/h5-15,19H,4,16H2,1-3H3/b15-12+/t19-,24-/m0/s1. The molecular weight excluding hydrogens is 430 g/mol. The van der Waals surface area contributed by atoms with Gasteiger partial charge in [-0.2, -0.15) is 0 Å². The molecule has 0 spiro atoms. The lowest BCUT2D eigenvalue weighted by molar-refractivity contribution is -0.137. The monoisotopic (exact) mass is 455 g/mol. The van der Waals surface area contributed by atoms with Gasteiger partial charge in [0.25, 0.3) is 15.9 Å². The van der Waals surface area contributed by atoms with Crippen LogP contribution in [0, 0.1) is 12.3 Å². The number of carbonyl (C=O) groups excluding carboxylic acids is 3. The van der Waals surface area contributed by atoms with E-state index in [0.29, 0.717) is 9.87 Å². The molecule has 1 aliphatic heterocycles. The third kappa shape index (κ3) is 4.36. The summed E-state index contributed by atoms with van der Waals surface area (Å²) >= 11 is 0. The summed E-state index contributed by atoms with van der Waals surface area (Å²) in [6.07, 6.45) is 2.31. The second-order valence-corrected chi connectivity index (χ2v) is 9.64. The fraction of sp³-hybridized carbons (Fsp3) is 0.292. The van der Waals surface area contributed by atoms with Crippen LogP contribution in [0.5, 0.6) is 0 Å². The molecule has 3 rings (SSSR count). The minimum atomic E-state index is -4.27. The number of rotatable bonds is 7. The van der Waals surface area contributed by atoms with E-state index in [9.17, 15) is 22.8 Å². The van der Waals surface area contributed by atoms with E-state index >= 15 is 0 Å². The third-order valence-electron chi connectivity index (χ3n) is 5.45. The van der Waals surface area contributed by atoms with Crippen molar-refractivity contribution in [3.63, 3.8) is 0 Å². The maximum absolute atomic E-state index is 13.5. The van der Waals surface area contributed by atoms with Crippen LogP contribution in [0.25, 0.3) is 0 Å². The molecule has 2 aromatic rings. The van der Waals surface area contributed by atoms with Crippen molar-refractivity contribution in [2.24, 2.45) is 5.41 Å². The number of amides is 1. The first-order valence-corrected chi connectivity index (χ1v) is 11.7. The first-order valence-electron chi connectivity index (χ1n) is 10.2. The first-order chi connectivity index (χ1) is 15.1. The normalized spacial score (nSPS) is 21.2. The molecule has 1 aliphatic rings. The number of hydrogen-bond acceptors (Lipinski definition) is 6. The van der Waals surface area contributed by atoms with Gasteiger partial charge in [0.1, 0.15) is 5.41 Å². The van der Waals surface area contributed by atoms with Crippen molar-refractivity contribution in [2.75, 3.05) is 6.61 Å². The number of sulfonamides is 1. The molecule has 2 atom stereocenters. The fourth-order valence-corrected chi connectivity index (χ4v) is 5.35. The number of nitrogens with zero attached hydrogens (tertiary/aromatic N) is 1. The molecule has 0 bridgehead atoms. The molecule has 7 nitrogen and oxygen atoms in total. The van der Waals surface area contributed by atoms with Gasteiger partial charge in [-0.3, -0.25) is 9.59 Å². The van der Waals surface area contributed by atoms with Gasteiger partial charge in [0, 0.05) is 11.6 Å². The van der Waals surface area contributed by atoms with Crippen LogP contribution in [-0.4, -0.2) is 43.0 Å². The molecule has 2 aromatic carbocycles. The Morgan fingerprint density at radius 3 is 2.34 bits per heavy atom. The van der Waals surface area contributed by atoms with Crippen LogP contribution in [0.4, 0.5) is 0 Å². The number of ether oxygens (including phenoxy) is 1. The second kappa shape index (κ2) is 9.08. The van der Waals surface area contributed by atoms with Crippen LogP contribution in [0.3, 0.4) is 0 Å². The highest BCUT2D eigenvalue weighted by molar-refractivity contribution is 7.89. The van der Waals surface area contributed by atoms with E-state index in [4.69, 9.17) is 4.74 Å². The van der Waals surface area contributed by atoms with E-state index in [1.807, 2.05) is 6.92 Å². The molecule has 1 saturated heterocycles. The zero-order valence-corrected chi connectivity index (χ0v) is 19.0. The molecule has 0 saturated carbocycles. The Bertz CT molecular complexity index is 1150. The van der Waals surface area contributed by atoms with E-state index in [1.165, 1.54) is 25.1 Å². The number of carbonyl (C=O) groups is 3. The smallest absolute Gasteiger partial charge is 0.330 e. The number of esters is 1. The van der Waals surface area contributed by atoms with Crippen molar-refractivity contribution in [1.29, 1.82) is 0 Å². The molecule has 0 aliphatic carbocycles. The van der Waals surface area contributed by atoms with Crippen molar-refractivity contribution < 1.29 is 27.5 Å². The molecule has 0 unspecified atom stereocenters. The number of ketones is 1. The largest absolute Gasteiger partial charge is 0.463 e. The van der Waals surface area contributed by atoms with Crippen LogP contribution in [0.1, 0.15) is 36.2 Å². The molecule has 1 fully saturated rings. The van der Waals surface area contributed by atoms with E-state index in [2.05, 4.69) is 0 Å². The molecule has 0 radical (unpaired) electrons. The summed E-state index contributed by atoms with van der Waals surface area (Å²) in [5.41, 5.74) is -0.436.